The maximum absolute atomic E-state index is 11.8. The van der Waals surface area contributed by atoms with E-state index in [1.165, 1.54) is 0 Å². The molecule has 0 aromatic heterocycles. The number of aryl methyl sites for hydroxylation is 1. The van der Waals surface area contributed by atoms with E-state index in [0.29, 0.717) is 11.4 Å². The lowest BCUT2D eigenvalue weighted by Gasteiger charge is -2.07. The summed E-state index contributed by atoms with van der Waals surface area (Å²) in [6.07, 6.45) is -0.222. The average molecular weight is 347 g/mol. The van der Waals surface area contributed by atoms with Gasteiger partial charge in [-0.15, -0.1) is 0 Å². The van der Waals surface area contributed by atoms with E-state index in [-0.39, 0.29) is 18.2 Å². The molecule has 0 radical (unpaired) electrons. The first-order valence-electron chi connectivity index (χ1n) is 6.45. The quantitative estimate of drug-likeness (QED) is 0.828. The predicted octanol–water partition coefficient (Wildman–Crippen LogP) is 3.72. The van der Waals surface area contributed by atoms with Crippen molar-refractivity contribution in [3.63, 3.8) is 0 Å². The SMILES string of the molecule is Cc1cccc(NC(=O)CC(=O)Nc2cccc(Br)c2)c1. The molecule has 108 valence electrons. The van der Waals surface area contributed by atoms with E-state index in [1.54, 1.807) is 18.2 Å². The van der Waals surface area contributed by atoms with E-state index in [1.807, 2.05) is 37.3 Å². The number of halogens is 1. The second-order valence-corrected chi connectivity index (χ2v) is 5.57. The van der Waals surface area contributed by atoms with Gasteiger partial charge in [0.2, 0.25) is 11.8 Å². The van der Waals surface area contributed by atoms with E-state index in [4.69, 9.17) is 0 Å². The summed E-state index contributed by atoms with van der Waals surface area (Å²) < 4.78 is 0.865. The lowest BCUT2D eigenvalue weighted by atomic mass is 10.2. The molecule has 2 aromatic rings. The minimum absolute atomic E-state index is 0.222. The molecule has 2 amide bonds. The summed E-state index contributed by atoms with van der Waals surface area (Å²) in [5.74, 6) is -0.689. The monoisotopic (exact) mass is 346 g/mol. The van der Waals surface area contributed by atoms with Crippen LogP contribution in [0.15, 0.2) is 53.0 Å². The van der Waals surface area contributed by atoms with Crippen LogP contribution >= 0.6 is 15.9 Å². The Bertz CT molecular complexity index is 613. The van der Waals surface area contributed by atoms with E-state index in [2.05, 4.69) is 26.6 Å². The van der Waals surface area contributed by atoms with Crippen molar-refractivity contribution in [3.05, 3.63) is 58.6 Å². The molecule has 2 rings (SSSR count). The number of benzene rings is 2. The van der Waals surface area contributed by atoms with Crippen LogP contribution in [-0.2, 0) is 9.59 Å². The molecule has 0 unspecified atom stereocenters. The molecule has 0 aliphatic heterocycles. The summed E-state index contributed by atoms with van der Waals surface area (Å²) in [5.41, 5.74) is 2.39. The topological polar surface area (TPSA) is 58.2 Å². The molecular formula is C16H15BrN2O2. The Labute approximate surface area is 131 Å². The third-order valence-electron chi connectivity index (χ3n) is 2.73. The summed E-state index contributed by atoms with van der Waals surface area (Å²) >= 11 is 3.32. The Hall–Kier alpha value is -2.14. The second kappa shape index (κ2) is 7.04. The molecule has 0 heterocycles. The van der Waals surface area contributed by atoms with Crippen LogP contribution in [-0.4, -0.2) is 11.8 Å². The summed E-state index contributed by atoms with van der Waals surface area (Å²) in [7, 11) is 0. The van der Waals surface area contributed by atoms with Crippen molar-refractivity contribution in [2.75, 3.05) is 10.6 Å². The van der Waals surface area contributed by atoms with Crippen molar-refractivity contribution in [2.24, 2.45) is 0 Å². The smallest absolute Gasteiger partial charge is 0.233 e. The highest BCUT2D eigenvalue weighted by Gasteiger charge is 2.10. The van der Waals surface area contributed by atoms with Gasteiger partial charge in [-0.25, -0.2) is 0 Å². The maximum atomic E-state index is 11.8. The second-order valence-electron chi connectivity index (χ2n) is 4.65. The first kappa shape index (κ1) is 15.3. The normalized spacial score (nSPS) is 10.0. The van der Waals surface area contributed by atoms with Gasteiger partial charge in [0.05, 0.1) is 0 Å². The Morgan fingerprint density at radius 2 is 1.52 bits per heavy atom. The molecule has 0 saturated heterocycles. The van der Waals surface area contributed by atoms with Crippen molar-refractivity contribution in [1.82, 2.24) is 0 Å². The average Bonchev–Trinajstić information content (AvgIpc) is 2.38. The molecule has 2 N–H and O–H groups in total. The zero-order chi connectivity index (χ0) is 15.2. The van der Waals surface area contributed by atoms with Gasteiger partial charge in [0.15, 0.2) is 0 Å². The van der Waals surface area contributed by atoms with Crippen LogP contribution in [0.3, 0.4) is 0 Å². The van der Waals surface area contributed by atoms with Crippen LogP contribution in [0.4, 0.5) is 11.4 Å². The fourth-order valence-electron chi connectivity index (χ4n) is 1.85. The van der Waals surface area contributed by atoms with Gasteiger partial charge in [0.25, 0.3) is 0 Å². The molecule has 0 spiro atoms. The number of carbonyl (C=O) groups is 2. The Morgan fingerprint density at radius 3 is 2.10 bits per heavy atom. The van der Waals surface area contributed by atoms with Gasteiger partial charge in [-0.05, 0) is 42.8 Å². The van der Waals surface area contributed by atoms with Crippen molar-refractivity contribution in [3.8, 4) is 0 Å². The largest absolute Gasteiger partial charge is 0.326 e. The van der Waals surface area contributed by atoms with Gasteiger partial charge < -0.3 is 10.6 Å². The summed E-state index contributed by atoms with van der Waals surface area (Å²) in [5, 5.41) is 5.38. The van der Waals surface area contributed by atoms with Gasteiger partial charge in [0.1, 0.15) is 6.42 Å². The number of carbonyl (C=O) groups excluding carboxylic acids is 2. The molecule has 4 nitrogen and oxygen atoms in total. The van der Waals surface area contributed by atoms with Crippen LogP contribution in [0.25, 0.3) is 0 Å². The van der Waals surface area contributed by atoms with Crippen molar-refractivity contribution in [2.45, 2.75) is 13.3 Å². The molecule has 5 heteroatoms. The van der Waals surface area contributed by atoms with Crippen molar-refractivity contribution < 1.29 is 9.59 Å². The third-order valence-corrected chi connectivity index (χ3v) is 3.22. The Kier molecular flexibility index (Phi) is 5.11. The number of anilines is 2. The molecule has 0 bridgehead atoms. The molecule has 0 aliphatic rings. The Morgan fingerprint density at radius 1 is 0.952 bits per heavy atom. The first-order valence-corrected chi connectivity index (χ1v) is 7.24. The molecule has 21 heavy (non-hydrogen) atoms. The first-order chi connectivity index (χ1) is 10.0. The zero-order valence-electron chi connectivity index (χ0n) is 11.5. The fraction of sp³-hybridized carbons (Fsp3) is 0.125. The van der Waals surface area contributed by atoms with Gasteiger partial charge >= 0.3 is 0 Å². The number of amides is 2. The lowest BCUT2D eigenvalue weighted by molar-refractivity contribution is -0.123. The Balaban J connectivity index is 1.89. The van der Waals surface area contributed by atoms with Crippen LogP contribution in [0, 0.1) is 6.92 Å². The molecular weight excluding hydrogens is 332 g/mol. The highest BCUT2D eigenvalue weighted by molar-refractivity contribution is 9.10. The van der Waals surface area contributed by atoms with Crippen LogP contribution in [0.5, 0.6) is 0 Å². The van der Waals surface area contributed by atoms with Gasteiger partial charge in [-0.2, -0.15) is 0 Å². The molecule has 0 fully saturated rings. The molecule has 0 aliphatic carbocycles. The molecule has 0 saturated carbocycles. The summed E-state index contributed by atoms with van der Waals surface area (Å²) in [6.45, 7) is 1.94. The fourth-order valence-corrected chi connectivity index (χ4v) is 2.24. The summed E-state index contributed by atoms with van der Waals surface area (Å²) in [6, 6.07) is 14.6. The number of rotatable bonds is 4. The number of nitrogens with one attached hydrogen (secondary N) is 2. The van der Waals surface area contributed by atoms with E-state index in [9.17, 15) is 9.59 Å². The maximum Gasteiger partial charge on any atom is 0.233 e. The highest BCUT2D eigenvalue weighted by Crippen LogP contribution is 2.16. The summed E-state index contributed by atoms with van der Waals surface area (Å²) in [4.78, 5) is 23.6. The zero-order valence-corrected chi connectivity index (χ0v) is 13.1. The predicted molar refractivity (Wildman–Crippen MR) is 87.2 cm³/mol. The van der Waals surface area contributed by atoms with Crippen molar-refractivity contribution in [1.29, 1.82) is 0 Å². The number of hydrogen-bond donors (Lipinski definition) is 2. The highest BCUT2D eigenvalue weighted by atomic mass is 79.9. The molecule has 0 atom stereocenters. The number of hydrogen-bond acceptors (Lipinski definition) is 2. The standard InChI is InChI=1S/C16H15BrN2O2/c1-11-4-2-6-13(8-11)18-15(20)10-16(21)19-14-7-3-5-12(17)9-14/h2-9H,10H2,1H3,(H,18,20)(H,19,21). The molecule has 2 aromatic carbocycles. The minimum Gasteiger partial charge on any atom is -0.326 e. The van der Waals surface area contributed by atoms with Gasteiger partial charge in [-0.3, -0.25) is 9.59 Å². The van der Waals surface area contributed by atoms with Gasteiger partial charge in [0, 0.05) is 15.8 Å². The van der Waals surface area contributed by atoms with Crippen LogP contribution in [0.1, 0.15) is 12.0 Å². The van der Waals surface area contributed by atoms with E-state index < -0.39 is 0 Å². The van der Waals surface area contributed by atoms with Crippen LogP contribution < -0.4 is 10.6 Å². The van der Waals surface area contributed by atoms with E-state index in [0.717, 1.165) is 10.0 Å². The van der Waals surface area contributed by atoms with Crippen LogP contribution in [0.2, 0.25) is 0 Å². The third kappa shape index (κ3) is 5.04. The lowest BCUT2D eigenvalue weighted by Crippen LogP contribution is -2.21. The van der Waals surface area contributed by atoms with E-state index >= 15 is 0 Å². The minimum atomic E-state index is -0.349. The van der Waals surface area contributed by atoms with Gasteiger partial charge in [-0.1, -0.05) is 34.1 Å². The van der Waals surface area contributed by atoms with Crippen molar-refractivity contribution >= 4 is 39.1 Å².